The molecule has 0 aromatic carbocycles. The minimum Gasteiger partial charge on any atom is -0.790 e. The van der Waals surface area contributed by atoms with Crippen LogP contribution in [0.1, 0.15) is 84.0 Å². The summed E-state index contributed by atoms with van der Waals surface area (Å²) < 4.78 is 14.3. The molecular weight excluding hydrogens is 341 g/mol. The molecular formula is C14H29K2O4P. The molecule has 0 amide bonds. The van der Waals surface area contributed by atoms with Crippen LogP contribution in [-0.4, -0.2) is 6.61 Å². The summed E-state index contributed by atoms with van der Waals surface area (Å²) >= 11 is 0. The summed E-state index contributed by atoms with van der Waals surface area (Å²) in [5.41, 5.74) is 0. The molecule has 0 atom stereocenters. The molecule has 0 aromatic rings. The average Bonchev–Trinajstić information content (AvgIpc) is 2.34. The smallest absolute Gasteiger partial charge is 0.790 e. The van der Waals surface area contributed by atoms with Gasteiger partial charge in [-0.25, -0.2) is 0 Å². The van der Waals surface area contributed by atoms with Gasteiger partial charge in [-0.1, -0.05) is 77.6 Å². The Morgan fingerprint density at radius 2 is 1.05 bits per heavy atom. The van der Waals surface area contributed by atoms with Crippen molar-refractivity contribution in [1.29, 1.82) is 0 Å². The van der Waals surface area contributed by atoms with Crippen molar-refractivity contribution < 1.29 is 122 Å². The maximum atomic E-state index is 10.2. The summed E-state index contributed by atoms with van der Waals surface area (Å²) in [7, 11) is -4.75. The second kappa shape index (κ2) is 21.4. The Hall–Kier alpha value is 3.38. The predicted octanol–water partition coefficient (Wildman–Crippen LogP) is -2.46. The summed E-state index contributed by atoms with van der Waals surface area (Å²) in [6, 6.07) is 0. The first-order chi connectivity index (χ1) is 9.06. The summed E-state index contributed by atoms with van der Waals surface area (Å²) in [6.45, 7) is 2.28. The van der Waals surface area contributed by atoms with E-state index in [2.05, 4.69) is 11.4 Å². The molecule has 0 aliphatic carbocycles. The van der Waals surface area contributed by atoms with Crippen LogP contribution in [0.2, 0.25) is 0 Å². The van der Waals surface area contributed by atoms with Gasteiger partial charge in [-0.05, 0) is 6.42 Å². The summed E-state index contributed by atoms with van der Waals surface area (Å²) in [4.78, 5) is 20.4. The minimum absolute atomic E-state index is 0. The number of unbranched alkanes of at least 4 members (excludes halogenated alkanes) is 11. The molecule has 21 heavy (non-hydrogen) atoms. The molecule has 116 valence electrons. The topological polar surface area (TPSA) is 72.4 Å². The van der Waals surface area contributed by atoms with Gasteiger partial charge in [0.15, 0.2) is 0 Å². The average molecular weight is 371 g/mol. The van der Waals surface area contributed by atoms with Crippen LogP contribution >= 0.6 is 7.82 Å². The van der Waals surface area contributed by atoms with Crippen molar-refractivity contribution in [3.63, 3.8) is 0 Å². The normalized spacial score (nSPS) is 10.8. The van der Waals surface area contributed by atoms with Crippen LogP contribution in [0.25, 0.3) is 0 Å². The summed E-state index contributed by atoms with van der Waals surface area (Å²) in [5, 5.41) is 0. The second-order valence-electron chi connectivity index (χ2n) is 5.17. The maximum Gasteiger partial charge on any atom is 1.00 e. The Morgan fingerprint density at radius 3 is 1.38 bits per heavy atom. The Morgan fingerprint density at radius 1 is 0.714 bits per heavy atom. The second-order valence-corrected chi connectivity index (χ2v) is 6.32. The van der Waals surface area contributed by atoms with Crippen molar-refractivity contribution >= 4 is 7.82 Å². The largest absolute Gasteiger partial charge is 1.00 e. The van der Waals surface area contributed by atoms with Gasteiger partial charge in [0.1, 0.15) is 0 Å². The Labute approximate surface area is 216 Å². The van der Waals surface area contributed by atoms with Crippen LogP contribution in [0.15, 0.2) is 0 Å². The molecule has 0 radical (unpaired) electrons. The quantitative estimate of drug-likeness (QED) is 0.193. The van der Waals surface area contributed by atoms with Crippen LogP contribution < -0.4 is 113 Å². The zero-order valence-electron chi connectivity index (χ0n) is 14.3. The summed E-state index contributed by atoms with van der Waals surface area (Å²) in [6.07, 6.45) is 14.6. The first-order valence-corrected chi connectivity index (χ1v) is 9.19. The van der Waals surface area contributed by atoms with E-state index in [9.17, 15) is 14.4 Å². The molecule has 0 spiro atoms. The van der Waals surface area contributed by atoms with Crippen molar-refractivity contribution in [3.8, 4) is 0 Å². The van der Waals surface area contributed by atoms with E-state index in [1.54, 1.807) is 0 Å². The predicted molar refractivity (Wildman–Crippen MR) is 74.6 cm³/mol. The number of rotatable bonds is 14. The Balaban J connectivity index is -0.00000162. The molecule has 0 rings (SSSR count). The number of phosphoric acid groups is 1. The van der Waals surface area contributed by atoms with E-state index in [0.29, 0.717) is 6.42 Å². The number of hydrogen-bond acceptors (Lipinski definition) is 4. The van der Waals surface area contributed by atoms with Crippen molar-refractivity contribution in [1.82, 2.24) is 0 Å². The monoisotopic (exact) mass is 370 g/mol. The zero-order chi connectivity index (χ0) is 14.4. The van der Waals surface area contributed by atoms with Crippen LogP contribution in [0, 0.1) is 0 Å². The van der Waals surface area contributed by atoms with Crippen molar-refractivity contribution in [3.05, 3.63) is 0 Å². The van der Waals surface area contributed by atoms with Crippen LogP contribution in [-0.2, 0) is 9.09 Å². The van der Waals surface area contributed by atoms with Gasteiger partial charge in [0, 0.05) is 0 Å². The molecule has 0 bridgehead atoms. The van der Waals surface area contributed by atoms with Gasteiger partial charge < -0.3 is 18.9 Å². The standard InChI is InChI=1S/C14H31O4P.2K/c1-2-3-4-5-6-7-8-9-10-11-12-13-14-18-19(15,16)17;;/h2-14H2,1H3,(H2,15,16,17);;/q;2*+1/p-2. The molecule has 0 aliphatic heterocycles. The molecule has 4 nitrogen and oxygen atoms in total. The van der Waals surface area contributed by atoms with Crippen molar-refractivity contribution in [2.24, 2.45) is 0 Å². The van der Waals surface area contributed by atoms with E-state index in [1.165, 1.54) is 57.8 Å². The summed E-state index contributed by atoms with van der Waals surface area (Å²) in [5.74, 6) is 0. The van der Waals surface area contributed by atoms with E-state index in [4.69, 9.17) is 0 Å². The van der Waals surface area contributed by atoms with E-state index in [0.717, 1.165) is 12.8 Å². The SMILES string of the molecule is CCCCCCCCCCCCCCOP(=O)([O-])[O-].[K+].[K+]. The molecule has 0 saturated heterocycles. The fourth-order valence-corrected chi connectivity index (χ4v) is 2.47. The third kappa shape index (κ3) is 28.5. The Kier molecular flexibility index (Phi) is 29.7. The van der Waals surface area contributed by atoms with E-state index in [-0.39, 0.29) is 109 Å². The molecule has 0 heterocycles. The molecule has 7 heteroatoms. The fraction of sp³-hybridized carbons (Fsp3) is 1.00. The molecule has 0 fully saturated rings. The van der Waals surface area contributed by atoms with Gasteiger partial charge in [0.2, 0.25) is 0 Å². The molecule has 0 unspecified atom stereocenters. The third-order valence-electron chi connectivity index (χ3n) is 3.25. The maximum absolute atomic E-state index is 10.2. The van der Waals surface area contributed by atoms with Crippen LogP contribution in [0.4, 0.5) is 0 Å². The van der Waals surface area contributed by atoms with Gasteiger partial charge in [-0.3, -0.25) is 0 Å². The molecule has 0 aliphatic rings. The van der Waals surface area contributed by atoms with Gasteiger partial charge in [0.05, 0.1) is 14.4 Å². The number of phosphoric ester groups is 1. The van der Waals surface area contributed by atoms with E-state index >= 15 is 0 Å². The van der Waals surface area contributed by atoms with Gasteiger partial charge in [-0.2, -0.15) is 0 Å². The van der Waals surface area contributed by atoms with E-state index < -0.39 is 7.82 Å². The van der Waals surface area contributed by atoms with Crippen LogP contribution in [0.5, 0.6) is 0 Å². The van der Waals surface area contributed by atoms with Gasteiger partial charge in [0.25, 0.3) is 0 Å². The van der Waals surface area contributed by atoms with Gasteiger partial charge in [-0.15, -0.1) is 0 Å². The third-order valence-corrected chi connectivity index (χ3v) is 3.75. The molecule has 0 saturated carbocycles. The first-order valence-electron chi connectivity index (χ1n) is 7.73. The fourth-order valence-electron chi connectivity index (χ4n) is 2.12. The number of hydrogen-bond donors (Lipinski definition) is 0. The first kappa shape index (κ1) is 29.2. The van der Waals surface area contributed by atoms with Crippen molar-refractivity contribution in [2.45, 2.75) is 84.0 Å². The van der Waals surface area contributed by atoms with Crippen LogP contribution in [0.3, 0.4) is 0 Å². The Bertz CT molecular complexity index is 237. The van der Waals surface area contributed by atoms with Crippen molar-refractivity contribution in [2.75, 3.05) is 6.61 Å². The van der Waals surface area contributed by atoms with Gasteiger partial charge >= 0.3 is 103 Å². The van der Waals surface area contributed by atoms with E-state index in [1.807, 2.05) is 0 Å². The minimum atomic E-state index is -4.75. The molecule has 0 N–H and O–H groups in total. The molecule has 0 aromatic heterocycles. The zero-order valence-corrected chi connectivity index (χ0v) is 21.4.